The number of carbonyl (C=O) groups excluding carboxylic acids is 1. The van der Waals surface area contributed by atoms with Crippen molar-refractivity contribution < 1.29 is 9.53 Å². The standard InChI is InChI=1S/C13H21N3O2/c1-3-14-12-9-18-8-11(12)13(17)5-10-6-15-16(4-2)7-10/h6-7,11-12,14H,3-5,8-9H2,1-2H3. The number of carbonyl (C=O) groups is 1. The van der Waals surface area contributed by atoms with Gasteiger partial charge in [0.05, 0.1) is 25.3 Å². The van der Waals surface area contributed by atoms with Crippen LogP contribution in [0.1, 0.15) is 19.4 Å². The molecule has 1 saturated heterocycles. The van der Waals surface area contributed by atoms with Gasteiger partial charge in [0.1, 0.15) is 5.78 Å². The number of aromatic nitrogens is 2. The molecule has 0 radical (unpaired) electrons. The lowest BCUT2D eigenvalue weighted by atomic mass is 9.94. The van der Waals surface area contributed by atoms with E-state index in [9.17, 15) is 4.79 Å². The van der Waals surface area contributed by atoms with Gasteiger partial charge in [0.2, 0.25) is 0 Å². The predicted octanol–water partition coefficient (Wildman–Crippen LogP) is 0.639. The summed E-state index contributed by atoms with van der Waals surface area (Å²) in [6.07, 6.45) is 4.17. The van der Waals surface area contributed by atoms with Crippen LogP contribution in [-0.4, -0.2) is 41.4 Å². The van der Waals surface area contributed by atoms with Gasteiger partial charge in [0.25, 0.3) is 0 Å². The Kier molecular flexibility index (Phi) is 4.49. The third kappa shape index (κ3) is 2.97. The fourth-order valence-electron chi connectivity index (χ4n) is 2.34. The molecule has 0 bridgehead atoms. The zero-order chi connectivity index (χ0) is 13.0. The van der Waals surface area contributed by atoms with Crippen LogP contribution in [0.5, 0.6) is 0 Å². The van der Waals surface area contributed by atoms with Crippen molar-refractivity contribution in [2.24, 2.45) is 5.92 Å². The van der Waals surface area contributed by atoms with E-state index in [2.05, 4.69) is 10.4 Å². The lowest BCUT2D eigenvalue weighted by Gasteiger charge is -2.16. The Morgan fingerprint density at radius 1 is 1.56 bits per heavy atom. The van der Waals surface area contributed by atoms with Gasteiger partial charge in [-0.3, -0.25) is 9.48 Å². The quantitative estimate of drug-likeness (QED) is 0.806. The summed E-state index contributed by atoms with van der Waals surface area (Å²) in [6.45, 7) is 6.96. The highest BCUT2D eigenvalue weighted by Gasteiger charge is 2.33. The zero-order valence-electron chi connectivity index (χ0n) is 11.1. The van der Waals surface area contributed by atoms with Crippen LogP contribution in [0.15, 0.2) is 12.4 Å². The first kappa shape index (κ1) is 13.2. The maximum Gasteiger partial charge on any atom is 0.144 e. The third-order valence-electron chi connectivity index (χ3n) is 3.35. The largest absolute Gasteiger partial charge is 0.379 e. The van der Waals surface area contributed by atoms with Crippen molar-refractivity contribution in [3.63, 3.8) is 0 Å². The molecule has 1 aliphatic heterocycles. The zero-order valence-corrected chi connectivity index (χ0v) is 11.1. The van der Waals surface area contributed by atoms with Crippen LogP contribution in [-0.2, 0) is 22.5 Å². The molecule has 2 unspecified atom stereocenters. The number of rotatable bonds is 6. The van der Waals surface area contributed by atoms with E-state index in [1.807, 2.05) is 24.7 Å². The average Bonchev–Trinajstić information content (AvgIpc) is 2.98. The fourth-order valence-corrected chi connectivity index (χ4v) is 2.34. The van der Waals surface area contributed by atoms with Gasteiger partial charge in [-0.25, -0.2) is 0 Å². The number of ketones is 1. The number of nitrogens with one attached hydrogen (secondary N) is 1. The number of ether oxygens (including phenoxy) is 1. The van der Waals surface area contributed by atoms with Crippen LogP contribution in [0.3, 0.4) is 0 Å². The Balaban J connectivity index is 1.94. The summed E-state index contributed by atoms with van der Waals surface area (Å²) < 4.78 is 7.25. The maximum atomic E-state index is 12.2. The minimum Gasteiger partial charge on any atom is -0.379 e. The van der Waals surface area contributed by atoms with Gasteiger partial charge < -0.3 is 10.1 Å². The van der Waals surface area contributed by atoms with Gasteiger partial charge in [-0.05, 0) is 19.0 Å². The highest BCUT2D eigenvalue weighted by atomic mass is 16.5. The first-order chi connectivity index (χ1) is 8.74. The predicted molar refractivity (Wildman–Crippen MR) is 68.4 cm³/mol. The van der Waals surface area contributed by atoms with Crippen molar-refractivity contribution in [2.75, 3.05) is 19.8 Å². The topological polar surface area (TPSA) is 56.1 Å². The molecule has 1 N–H and O–H groups in total. The number of nitrogens with zero attached hydrogens (tertiary/aromatic N) is 2. The number of aryl methyl sites for hydroxylation is 1. The molecule has 18 heavy (non-hydrogen) atoms. The second-order valence-electron chi connectivity index (χ2n) is 4.66. The molecule has 2 heterocycles. The van der Waals surface area contributed by atoms with Crippen LogP contribution in [0.4, 0.5) is 0 Å². The van der Waals surface area contributed by atoms with Crippen LogP contribution in [0, 0.1) is 5.92 Å². The highest BCUT2D eigenvalue weighted by molar-refractivity contribution is 5.84. The first-order valence-corrected chi connectivity index (χ1v) is 6.59. The van der Waals surface area contributed by atoms with E-state index in [1.54, 1.807) is 6.20 Å². The van der Waals surface area contributed by atoms with E-state index in [4.69, 9.17) is 4.74 Å². The maximum absolute atomic E-state index is 12.2. The molecule has 0 amide bonds. The van der Waals surface area contributed by atoms with E-state index in [0.29, 0.717) is 19.6 Å². The van der Waals surface area contributed by atoms with Crippen LogP contribution >= 0.6 is 0 Å². The van der Waals surface area contributed by atoms with E-state index in [-0.39, 0.29) is 17.7 Å². The summed E-state index contributed by atoms with van der Waals surface area (Å²) >= 11 is 0. The summed E-state index contributed by atoms with van der Waals surface area (Å²) in [5.74, 6) is 0.226. The lowest BCUT2D eigenvalue weighted by molar-refractivity contribution is -0.122. The fraction of sp³-hybridized carbons (Fsp3) is 0.692. The Morgan fingerprint density at radius 2 is 2.39 bits per heavy atom. The third-order valence-corrected chi connectivity index (χ3v) is 3.35. The summed E-state index contributed by atoms with van der Waals surface area (Å²) in [5.41, 5.74) is 0.990. The summed E-state index contributed by atoms with van der Waals surface area (Å²) in [6, 6.07) is 0.170. The lowest BCUT2D eigenvalue weighted by Crippen LogP contribution is -2.39. The Bertz CT molecular complexity index is 403. The van der Waals surface area contributed by atoms with Crippen molar-refractivity contribution >= 4 is 5.78 Å². The molecule has 2 rings (SSSR count). The van der Waals surface area contributed by atoms with Gasteiger partial charge in [-0.15, -0.1) is 0 Å². The molecule has 5 nitrogen and oxygen atoms in total. The Hall–Kier alpha value is -1.20. The normalized spacial score (nSPS) is 23.4. The molecule has 1 aromatic heterocycles. The van der Waals surface area contributed by atoms with Crippen molar-refractivity contribution in [1.29, 1.82) is 0 Å². The van der Waals surface area contributed by atoms with E-state index in [1.165, 1.54) is 0 Å². The highest BCUT2D eigenvalue weighted by Crippen LogP contribution is 2.17. The minimum atomic E-state index is -0.0186. The minimum absolute atomic E-state index is 0.0186. The van der Waals surface area contributed by atoms with Gasteiger partial charge in [-0.1, -0.05) is 6.92 Å². The molecule has 1 aliphatic rings. The van der Waals surface area contributed by atoms with Crippen molar-refractivity contribution in [3.8, 4) is 0 Å². The molecule has 2 atom stereocenters. The van der Waals surface area contributed by atoms with E-state index in [0.717, 1.165) is 18.7 Å². The van der Waals surface area contributed by atoms with Gasteiger partial charge in [0, 0.05) is 25.2 Å². The van der Waals surface area contributed by atoms with Crippen LogP contribution in [0.25, 0.3) is 0 Å². The molecule has 5 heteroatoms. The van der Waals surface area contributed by atoms with Gasteiger partial charge >= 0.3 is 0 Å². The Labute approximate surface area is 108 Å². The summed E-state index contributed by atoms with van der Waals surface area (Å²) in [5, 5.41) is 7.50. The van der Waals surface area contributed by atoms with Crippen LogP contribution in [0.2, 0.25) is 0 Å². The van der Waals surface area contributed by atoms with E-state index < -0.39 is 0 Å². The molecule has 0 aromatic carbocycles. The monoisotopic (exact) mass is 251 g/mol. The molecule has 0 saturated carbocycles. The number of hydrogen-bond donors (Lipinski definition) is 1. The molecule has 1 aromatic rings. The van der Waals surface area contributed by atoms with Crippen molar-refractivity contribution in [1.82, 2.24) is 15.1 Å². The number of likely N-dealkylation sites (N-methyl/N-ethyl adjacent to an activating group) is 1. The molecule has 0 spiro atoms. The van der Waals surface area contributed by atoms with Crippen molar-refractivity contribution in [3.05, 3.63) is 18.0 Å². The Morgan fingerprint density at radius 3 is 3.06 bits per heavy atom. The number of Topliss-reactive ketones (excluding diaryl/α,β-unsaturated/α-hetero) is 1. The summed E-state index contributed by atoms with van der Waals surface area (Å²) in [4.78, 5) is 12.2. The van der Waals surface area contributed by atoms with Gasteiger partial charge in [0.15, 0.2) is 0 Å². The van der Waals surface area contributed by atoms with Crippen LogP contribution < -0.4 is 5.32 Å². The van der Waals surface area contributed by atoms with E-state index >= 15 is 0 Å². The second kappa shape index (κ2) is 6.11. The summed E-state index contributed by atoms with van der Waals surface area (Å²) in [7, 11) is 0. The molecule has 0 aliphatic carbocycles. The molecule has 100 valence electrons. The average molecular weight is 251 g/mol. The van der Waals surface area contributed by atoms with Crippen molar-refractivity contribution in [2.45, 2.75) is 32.9 Å². The molecular formula is C13H21N3O2. The second-order valence-corrected chi connectivity index (χ2v) is 4.66. The smallest absolute Gasteiger partial charge is 0.144 e. The molecular weight excluding hydrogens is 230 g/mol. The van der Waals surface area contributed by atoms with Gasteiger partial charge in [-0.2, -0.15) is 5.10 Å². The molecule has 1 fully saturated rings. The first-order valence-electron chi connectivity index (χ1n) is 6.59. The SMILES string of the molecule is CCNC1COCC1C(=O)Cc1cnn(CC)c1. The number of hydrogen-bond acceptors (Lipinski definition) is 4.